The summed E-state index contributed by atoms with van der Waals surface area (Å²) >= 11 is 0. The van der Waals surface area contributed by atoms with E-state index in [4.69, 9.17) is 5.11 Å². The van der Waals surface area contributed by atoms with E-state index >= 15 is 0 Å². The minimum absolute atomic E-state index is 0. The molecule has 3 heteroatoms. The van der Waals surface area contributed by atoms with E-state index in [9.17, 15) is 4.79 Å². The monoisotopic (exact) mass is 252 g/mol. The van der Waals surface area contributed by atoms with Gasteiger partial charge in [-0.25, -0.2) is 0 Å². The van der Waals surface area contributed by atoms with Crippen molar-refractivity contribution >= 4 is 29.9 Å². The van der Waals surface area contributed by atoms with Gasteiger partial charge < -0.3 is 5.11 Å². The van der Waals surface area contributed by atoms with E-state index < -0.39 is 5.97 Å². The van der Waals surface area contributed by atoms with Crippen LogP contribution in [0.25, 0.3) is 0 Å². The van der Waals surface area contributed by atoms with E-state index in [1.54, 1.807) is 6.92 Å². The molecule has 0 bridgehead atoms. The van der Waals surface area contributed by atoms with Crippen LogP contribution < -0.4 is 0 Å². The molecule has 0 aromatic heterocycles. The maximum atomic E-state index is 10.2. The molecule has 2 radical (unpaired) electrons. The van der Waals surface area contributed by atoms with Gasteiger partial charge in [-0.1, -0.05) is 26.7 Å². The number of hydrogen-bond donors (Lipinski definition) is 1. The summed E-state index contributed by atoms with van der Waals surface area (Å²) in [5.74, 6) is -0.839. The average Bonchev–Trinajstić information content (AvgIpc) is 1.82. The first-order valence-electron chi connectivity index (χ1n) is 3.41. The molecule has 1 N–H and O–H groups in total. The SMILES string of the molecule is CCCCC(C)C(=O)O.[SnH2]. The van der Waals surface area contributed by atoms with Crippen LogP contribution in [0.3, 0.4) is 0 Å². The molecule has 1 atom stereocenters. The first-order valence-corrected chi connectivity index (χ1v) is 3.41. The van der Waals surface area contributed by atoms with Crippen LogP contribution >= 0.6 is 0 Å². The van der Waals surface area contributed by atoms with E-state index in [0.29, 0.717) is 0 Å². The third-order valence-electron chi connectivity index (χ3n) is 1.41. The quantitative estimate of drug-likeness (QED) is 0.756. The van der Waals surface area contributed by atoms with Gasteiger partial charge in [-0.2, -0.15) is 0 Å². The van der Waals surface area contributed by atoms with Crippen LogP contribution in [0.4, 0.5) is 0 Å². The molecule has 0 aromatic rings. The summed E-state index contributed by atoms with van der Waals surface area (Å²) < 4.78 is 0. The van der Waals surface area contributed by atoms with Gasteiger partial charge in [-0.3, -0.25) is 4.79 Å². The average molecular weight is 251 g/mol. The summed E-state index contributed by atoms with van der Waals surface area (Å²) in [5, 5.41) is 8.41. The Morgan fingerprint density at radius 1 is 1.60 bits per heavy atom. The van der Waals surface area contributed by atoms with Gasteiger partial charge >= 0.3 is 29.9 Å². The predicted octanol–water partition coefficient (Wildman–Crippen LogP) is 0.981. The molecule has 0 amide bonds. The Kier molecular flexibility index (Phi) is 9.52. The Balaban J connectivity index is 0. The molecule has 0 rings (SSSR count). The molecule has 0 fully saturated rings. The molecule has 0 spiro atoms. The third kappa shape index (κ3) is 6.39. The summed E-state index contributed by atoms with van der Waals surface area (Å²) in [5.41, 5.74) is 0. The number of unbranched alkanes of at least 4 members (excludes halogenated alkanes) is 1. The summed E-state index contributed by atoms with van der Waals surface area (Å²) in [6, 6.07) is 0. The topological polar surface area (TPSA) is 37.3 Å². The van der Waals surface area contributed by atoms with Crippen LogP contribution in [0.5, 0.6) is 0 Å². The van der Waals surface area contributed by atoms with Gasteiger partial charge in [0.05, 0.1) is 5.92 Å². The van der Waals surface area contributed by atoms with Crippen molar-refractivity contribution in [3.63, 3.8) is 0 Å². The molecule has 0 aliphatic heterocycles. The minimum atomic E-state index is -0.677. The van der Waals surface area contributed by atoms with Crippen LogP contribution in [0.2, 0.25) is 0 Å². The van der Waals surface area contributed by atoms with Gasteiger partial charge in [-0.05, 0) is 6.42 Å². The molecular formula is C7H16O2Sn. The molecule has 0 saturated heterocycles. The predicted molar refractivity (Wildman–Crippen MR) is 44.9 cm³/mol. The summed E-state index contributed by atoms with van der Waals surface area (Å²) in [7, 11) is 0. The fourth-order valence-corrected chi connectivity index (χ4v) is 0.634. The first-order chi connectivity index (χ1) is 4.18. The Labute approximate surface area is 79.0 Å². The second-order valence-electron chi connectivity index (χ2n) is 2.38. The molecule has 0 heterocycles. The molecule has 1 unspecified atom stereocenters. The standard InChI is InChI=1S/C7H14O2.Sn.2H/c1-3-4-5-6(2)7(8)9;;;/h6H,3-5H2,1-2H3,(H,8,9);;;. The van der Waals surface area contributed by atoms with Crippen molar-refractivity contribution in [2.75, 3.05) is 0 Å². The van der Waals surface area contributed by atoms with Gasteiger partial charge in [0.1, 0.15) is 0 Å². The van der Waals surface area contributed by atoms with Crippen molar-refractivity contribution in [3.05, 3.63) is 0 Å². The number of carboxylic acid groups (broad SMARTS) is 1. The van der Waals surface area contributed by atoms with Gasteiger partial charge in [0.25, 0.3) is 0 Å². The van der Waals surface area contributed by atoms with E-state index in [-0.39, 0.29) is 29.8 Å². The summed E-state index contributed by atoms with van der Waals surface area (Å²) in [6.07, 6.45) is 2.91. The van der Waals surface area contributed by atoms with Gasteiger partial charge in [0.15, 0.2) is 0 Å². The fraction of sp³-hybridized carbons (Fsp3) is 0.857. The van der Waals surface area contributed by atoms with Crippen molar-refractivity contribution in [1.29, 1.82) is 0 Å². The number of carbonyl (C=O) groups is 1. The Hall–Kier alpha value is 0.269. The van der Waals surface area contributed by atoms with Crippen LogP contribution in [0.15, 0.2) is 0 Å². The Morgan fingerprint density at radius 2 is 2.10 bits per heavy atom. The van der Waals surface area contributed by atoms with Gasteiger partial charge in [0.2, 0.25) is 0 Å². The van der Waals surface area contributed by atoms with Crippen LogP contribution in [-0.4, -0.2) is 35.0 Å². The summed E-state index contributed by atoms with van der Waals surface area (Å²) in [4.78, 5) is 10.2. The fourth-order valence-electron chi connectivity index (χ4n) is 0.634. The molecule has 0 aromatic carbocycles. The van der Waals surface area contributed by atoms with Crippen LogP contribution in [-0.2, 0) is 4.79 Å². The van der Waals surface area contributed by atoms with E-state index in [1.807, 2.05) is 0 Å². The number of hydrogen-bond acceptors (Lipinski definition) is 1. The van der Waals surface area contributed by atoms with Crippen molar-refractivity contribution < 1.29 is 9.90 Å². The zero-order valence-corrected chi connectivity index (χ0v) is 10.8. The third-order valence-corrected chi connectivity index (χ3v) is 1.41. The van der Waals surface area contributed by atoms with E-state index in [2.05, 4.69) is 6.92 Å². The molecule has 0 aliphatic rings. The van der Waals surface area contributed by atoms with Gasteiger partial charge in [0, 0.05) is 0 Å². The molecule has 0 aliphatic carbocycles. The van der Waals surface area contributed by atoms with Crippen LogP contribution in [0.1, 0.15) is 33.1 Å². The number of rotatable bonds is 4. The van der Waals surface area contributed by atoms with Crippen LogP contribution in [0, 0.1) is 5.92 Å². The van der Waals surface area contributed by atoms with Crippen molar-refractivity contribution in [2.45, 2.75) is 33.1 Å². The zero-order chi connectivity index (χ0) is 7.28. The molecule has 10 heavy (non-hydrogen) atoms. The molecule has 0 saturated carbocycles. The van der Waals surface area contributed by atoms with Crippen molar-refractivity contribution in [3.8, 4) is 0 Å². The summed E-state index contributed by atoms with van der Waals surface area (Å²) in [6.45, 7) is 3.81. The maximum absolute atomic E-state index is 10.2. The van der Waals surface area contributed by atoms with Crippen molar-refractivity contribution in [1.82, 2.24) is 0 Å². The molecular weight excluding hydrogens is 235 g/mol. The Bertz CT molecular complexity index is 93.6. The first kappa shape index (κ1) is 12.9. The number of carboxylic acids is 1. The Morgan fingerprint density at radius 3 is 2.40 bits per heavy atom. The second-order valence-corrected chi connectivity index (χ2v) is 2.38. The number of aliphatic carboxylic acids is 1. The second kappa shape index (κ2) is 7.38. The van der Waals surface area contributed by atoms with E-state index in [0.717, 1.165) is 19.3 Å². The normalized spacial score (nSPS) is 11.8. The van der Waals surface area contributed by atoms with E-state index in [1.165, 1.54) is 0 Å². The molecule has 60 valence electrons. The molecule has 2 nitrogen and oxygen atoms in total. The van der Waals surface area contributed by atoms with Crippen molar-refractivity contribution in [2.24, 2.45) is 5.92 Å². The zero-order valence-electron chi connectivity index (χ0n) is 6.76. The van der Waals surface area contributed by atoms with Gasteiger partial charge in [-0.15, -0.1) is 0 Å².